The molecule has 2 aromatic rings. The van der Waals surface area contributed by atoms with E-state index in [1.54, 1.807) is 6.07 Å². The number of aromatic hydroxyl groups is 2. The van der Waals surface area contributed by atoms with Crippen LogP contribution in [-0.4, -0.2) is 10.2 Å². The molecule has 0 heterocycles. The number of hydrogen-bond acceptors (Lipinski definition) is 3. The fraction of sp³-hybridized carbons (Fsp3) is 0.143. The van der Waals surface area contributed by atoms with E-state index < -0.39 is 0 Å². The molecule has 2 N–H and O–H groups in total. The molecule has 0 aromatic heterocycles. The fourth-order valence-corrected chi connectivity index (χ4v) is 1.53. The smallest absolute Gasteiger partial charge is 0.157 e. The Kier molecular flexibility index (Phi) is 3.19. The van der Waals surface area contributed by atoms with Gasteiger partial charge in [0.15, 0.2) is 11.5 Å². The summed E-state index contributed by atoms with van der Waals surface area (Å²) >= 11 is 0. The van der Waals surface area contributed by atoms with Crippen LogP contribution in [0.5, 0.6) is 17.2 Å². The van der Waals surface area contributed by atoms with Crippen molar-refractivity contribution in [2.45, 2.75) is 13.5 Å². The molecular formula is C14H14O3. The number of rotatable bonds is 3. The van der Waals surface area contributed by atoms with Crippen molar-refractivity contribution < 1.29 is 14.9 Å². The van der Waals surface area contributed by atoms with Gasteiger partial charge in [-0.3, -0.25) is 0 Å². The van der Waals surface area contributed by atoms with Crippen LogP contribution in [0.1, 0.15) is 11.1 Å². The molecule has 0 spiro atoms. The van der Waals surface area contributed by atoms with Gasteiger partial charge in [-0.05, 0) is 42.3 Å². The molecule has 0 fully saturated rings. The van der Waals surface area contributed by atoms with Gasteiger partial charge < -0.3 is 14.9 Å². The zero-order valence-corrected chi connectivity index (χ0v) is 9.55. The highest BCUT2D eigenvalue weighted by Gasteiger charge is 2.01. The van der Waals surface area contributed by atoms with Crippen LogP contribution < -0.4 is 4.74 Å². The summed E-state index contributed by atoms with van der Waals surface area (Å²) in [4.78, 5) is 0. The zero-order chi connectivity index (χ0) is 12.3. The van der Waals surface area contributed by atoms with Crippen molar-refractivity contribution in [3.63, 3.8) is 0 Å². The van der Waals surface area contributed by atoms with Crippen LogP contribution in [0.3, 0.4) is 0 Å². The molecule has 0 radical (unpaired) electrons. The van der Waals surface area contributed by atoms with Crippen LogP contribution in [-0.2, 0) is 6.61 Å². The predicted molar refractivity (Wildman–Crippen MR) is 65.3 cm³/mol. The van der Waals surface area contributed by atoms with Crippen LogP contribution in [0.2, 0.25) is 0 Å². The Morgan fingerprint density at radius 2 is 1.82 bits per heavy atom. The Labute approximate surface area is 99.9 Å². The lowest BCUT2D eigenvalue weighted by molar-refractivity contribution is 0.304. The van der Waals surface area contributed by atoms with E-state index in [0.29, 0.717) is 6.61 Å². The Morgan fingerprint density at radius 1 is 1.00 bits per heavy atom. The molecule has 0 atom stereocenters. The van der Waals surface area contributed by atoms with E-state index in [1.807, 2.05) is 31.2 Å². The van der Waals surface area contributed by atoms with E-state index in [1.165, 1.54) is 12.1 Å². The molecule has 3 nitrogen and oxygen atoms in total. The SMILES string of the molecule is Cc1cccc(OCc2ccc(O)c(O)c2)c1. The van der Waals surface area contributed by atoms with Crippen molar-refractivity contribution in [2.24, 2.45) is 0 Å². The van der Waals surface area contributed by atoms with Gasteiger partial charge in [-0.25, -0.2) is 0 Å². The van der Waals surface area contributed by atoms with Gasteiger partial charge in [0.25, 0.3) is 0 Å². The van der Waals surface area contributed by atoms with Crippen molar-refractivity contribution in [3.05, 3.63) is 53.6 Å². The third kappa shape index (κ3) is 2.91. The first-order chi connectivity index (χ1) is 8.15. The first kappa shape index (κ1) is 11.3. The van der Waals surface area contributed by atoms with Gasteiger partial charge in [0.2, 0.25) is 0 Å². The summed E-state index contributed by atoms with van der Waals surface area (Å²) in [6.07, 6.45) is 0. The van der Waals surface area contributed by atoms with Gasteiger partial charge in [0.1, 0.15) is 12.4 Å². The number of aryl methyl sites for hydroxylation is 1. The Balaban J connectivity index is 2.05. The summed E-state index contributed by atoms with van der Waals surface area (Å²) in [5.41, 5.74) is 1.94. The lowest BCUT2D eigenvalue weighted by Gasteiger charge is -2.07. The average Bonchev–Trinajstić information content (AvgIpc) is 2.31. The van der Waals surface area contributed by atoms with Gasteiger partial charge in [-0.15, -0.1) is 0 Å². The van der Waals surface area contributed by atoms with Gasteiger partial charge in [-0.1, -0.05) is 18.2 Å². The molecule has 88 valence electrons. The van der Waals surface area contributed by atoms with E-state index in [-0.39, 0.29) is 11.5 Å². The molecule has 0 aliphatic heterocycles. The Bertz CT molecular complexity index is 521. The first-order valence-corrected chi connectivity index (χ1v) is 5.35. The molecule has 0 saturated heterocycles. The lowest BCUT2D eigenvalue weighted by Crippen LogP contribution is -1.95. The van der Waals surface area contributed by atoms with Crippen molar-refractivity contribution in [3.8, 4) is 17.2 Å². The summed E-state index contributed by atoms with van der Waals surface area (Å²) in [5.74, 6) is 0.539. The second-order valence-corrected chi connectivity index (χ2v) is 3.93. The third-order valence-electron chi connectivity index (χ3n) is 2.43. The molecule has 0 unspecified atom stereocenters. The Hall–Kier alpha value is -2.16. The van der Waals surface area contributed by atoms with Crippen LogP contribution in [0.15, 0.2) is 42.5 Å². The lowest BCUT2D eigenvalue weighted by atomic mass is 10.2. The predicted octanol–water partition coefficient (Wildman–Crippen LogP) is 2.99. The number of hydrogen-bond donors (Lipinski definition) is 2. The molecule has 0 amide bonds. The highest BCUT2D eigenvalue weighted by atomic mass is 16.5. The van der Waals surface area contributed by atoms with Crippen molar-refractivity contribution in [2.75, 3.05) is 0 Å². The number of phenols is 2. The van der Waals surface area contributed by atoms with Crippen LogP contribution in [0.4, 0.5) is 0 Å². The monoisotopic (exact) mass is 230 g/mol. The molecule has 0 aliphatic carbocycles. The van der Waals surface area contributed by atoms with Gasteiger partial charge >= 0.3 is 0 Å². The topological polar surface area (TPSA) is 49.7 Å². The van der Waals surface area contributed by atoms with Crippen molar-refractivity contribution in [1.29, 1.82) is 0 Å². The van der Waals surface area contributed by atoms with Gasteiger partial charge in [0.05, 0.1) is 0 Å². The second-order valence-electron chi connectivity index (χ2n) is 3.93. The van der Waals surface area contributed by atoms with E-state index in [2.05, 4.69) is 0 Å². The third-order valence-corrected chi connectivity index (χ3v) is 2.43. The Morgan fingerprint density at radius 3 is 2.53 bits per heavy atom. The maximum absolute atomic E-state index is 9.34. The average molecular weight is 230 g/mol. The molecule has 2 rings (SSSR count). The van der Waals surface area contributed by atoms with E-state index in [4.69, 9.17) is 4.74 Å². The van der Waals surface area contributed by atoms with Crippen molar-refractivity contribution in [1.82, 2.24) is 0 Å². The minimum absolute atomic E-state index is 0.121. The number of ether oxygens (including phenoxy) is 1. The van der Waals surface area contributed by atoms with E-state index in [0.717, 1.165) is 16.9 Å². The van der Waals surface area contributed by atoms with Gasteiger partial charge in [0, 0.05) is 0 Å². The second kappa shape index (κ2) is 4.78. The highest BCUT2D eigenvalue weighted by molar-refractivity contribution is 5.40. The minimum Gasteiger partial charge on any atom is -0.504 e. The maximum atomic E-state index is 9.34. The molecule has 0 bridgehead atoms. The van der Waals surface area contributed by atoms with Crippen LogP contribution in [0, 0.1) is 6.92 Å². The van der Waals surface area contributed by atoms with E-state index in [9.17, 15) is 10.2 Å². The molecule has 3 heteroatoms. The minimum atomic E-state index is -0.129. The summed E-state index contributed by atoms with van der Waals surface area (Å²) in [6.45, 7) is 2.36. The normalized spacial score (nSPS) is 10.2. The van der Waals surface area contributed by atoms with Crippen molar-refractivity contribution >= 4 is 0 Å². The summed E-state index contributed by atoms with van der Waals surface area (Å²) in [6, 6.07) is 12.4. The molecule has 0 aliphatic rings. The zero-order valence-electron chi connectivity index (χ0n) is 9.55. The fourth-order valence-electron chi connectivity index (χ4n) is 1.53. The summed E-state index contributed by atoms with van der Waals surface area (Å²) < 4.78 is 5.57. The van der Waals surface area contributed by atoms with Gasteiger partial charge in [-0.2, -0.15) is 0 Å². The molecule has 17 heavy (non-hydrogen) atoms. The van der Waals surface area contributed by atoms with Crippen LogP contribution in [0.25, 0.3) is 0 Å². The number of phenolic OH excluding ortho intramolecular Hbond substituents is 2. The molecular weight excluding hydrogens is 216 g/mol. The standard InChI is InChI=1S/C14H14O3/c1-10-3-2-4-12(7-10)17-9-11-5-6-13(15)14(16)8-11/h2-8,15-16H,9H2,1H3. The first-order valence-electron chi connectivity index (χ1n) is 5.35. The quantitative estimate of drug-likeness (QED) is 0.797. The summed E-state index contributed by atoms with van der Waals surface area (Å²) in [5, 5.41) is 18.5. The van der Waals surface area contributed by atoms with E-state index >= 15 is 0 Å². The number of benzene rings is 2. The molecule has 0 saturated carbocycles. The molecule has 2 aromatic carbocycles. The highest BCUT2D eigenvalue weighted by Crippen LogP contribution is 2.25. The summed E-state index contributed by atoms with van der Waals surface area (Å²) in [7, 11) is 0. The maximum Gasteiger partial charge on any atom is 0.157 e. The largest absolute Gasteiger partial charge is 0.504 e. The van der Waals surface area contributed by atoms with Crippen LogP contribution >= 0.6 is 0 Å².